The van der Waals surface area contributed by atoms with Gasteiger partial charge in [0.15, 0.2) is 5.82 Å². The van der Waals surface area contributed by atoms with Gasteiger partial charge in [-0.3, -0.25) is 0 Å². The molecule has 3 aromatic rings. The van der Waals surface area contributed by atoms with Crippen LogP contribution in [0.5, 0.6) is 5.75 Å². The quantitative estimate of drug-likeness (QED) is 0.131. The van der Waals surface area contributed by atoms with Crippen LogP contribution in [0.2, 0.25) is 0 Å². The van der Waals surface area contributed by atoms with E-state index in [1.165, 1.54) is 62.7 Å². The van der Waals surface area contributed by atoms with E-state index in [9.17, 15) is 4.79 Å². The molecule has 1 unspecified atom stereocenters. The molecule has 200 valence electrons. The van der Waals surface area contributed by atoms with Gasteiger partial charge in [0.1, 0.15) is 10.6 Å². The first kappa shape index (κ1) is 28.8. The zero-order valence-corrected chi connectivity index (χ0v) is 23.5. The molecular weight excluding hydrogens is 480 g/mol. The maximum Gasteiger partial charge on any atom is 0.348 e. The Kier molecular flexibility index (Phi) is 12.6. The highest BCUT2D eigenvalue weighted by Gasteiger charge is 2.15. The first-order valence-electron chi connectivity index (χ1n) is 14.0. The van der Waals surface area contributed by atoms with Gasteiger partial charge in [0, 0.05) is 28.4 Å². The molecule has 0 saturated heterocycles. The number of rotatable bonds is 17. The lowest BCUT2D eigenvalue weighted by Gasteiger charge is -2.12. The largest absolute Gasteiger partial charge is 0.494 e. The van der Waals surface area contributed by atoms with Crippen LogP contribution >= 0.6 is 11.3 Å². The van der Waals surface area contributed by atoms with Gasteiger partial charge in [0.2, 0.25) is 0 Å². The number of unbranched alkanes of at least 4 members (excludes halogenated alkanes) is 8. The standard InChI is InChI=1S/C31H42N2O3S/c1-4-6-8-10-11-13-21-35-27-17-15-25(16-18-27)30-32-22-26(23-33-30)28-19-20-29(37-28)31(34)36-24(3)14-12-9-7-5-2/h15-20,22-24H,4-14,21H2,1-3H3. The van der Waals surface area contributed by atoms with Crippen LogP contribution in [0, 0.1) is 0 Å². The minimum absolute atomic E-state index is 0.0649. The highest BCUT2D eigenvalue weighted by atomic mass is 32.1. The van der Waals surface area contributed by atoms with E-state index in [1.54, 1.807) is 0 Å². The van der Waals surface area contributed by atoms with Crippen LogP contribution in [-0.2, 0) is 4.74 Å². The van der Waals surface area contributed by atoms with Crippen molar-refractivity contribution in [2.45, 2.75) is 97.5 Å². The Labute approximate surface area is 226 Å². The van der Waals surface area contributed by atoms with Gasteiger partial charge in [-0.05, 0) is 62.6 Å². The molecule has 2 aromatic heterocycles. The molecule has 1 atom stereocenters. The number of carbonyl (C=O) groups excluding carboxylic acids is 1. The lowest BCUT2D eigenvalue weighted by Crippen LogP contribution is -2.14. The van der Waals surface area contributed by atoms with Gasteiger partial charge in [-0.1, -0.05) is 65.2 Å². The third-order valence-electron chi connectivity index (χ3n) is 6.40. The number of esters is 1. The SMILES string of the molecule is CCCCCCCCOc1ccc(-c2ncc(-c3ccc(C(=O)OC(C)CCCCCC)s3)cn2)cc1. The molecule has 3 rings (SSSR count). The van der Waals surface area contributed by atoms with Gasteiger partial charge in [-0.2, -0.15) is 0 Å². The molecule has 0 aliphatic heterocycles. The molecule has 2 heterocycles. The van der Waals surface area contributed by atoms with Crippen LogP contribution in [0.1, 0.15) is 101 Å². The molecule has 0 radical (unpaired) electrons. The van der Waals surface area contributed by atoms with Crippen molar-refractivity contribution < 1.29 is 14.3 Å². The van der Waals surface area contributed by atoms with Gasteiger partial charge < -0.3 is 9.47 Å². The second-order valence-corrected chi connectivity index (χ2v) is 10.7. The number of carbonyl (C=O) groups is 1. The van der Waals surface area contributed by atoms with Gasteiger partial charge in [0.05, 0.1) is 12.7 Å². The monoisotopic (exact) mass is 522 g/mol. The summed E-state index contributed by atoms with van der Waals surface area (Å²) in [5, 5.41) is 0. The van der Waals surface area contributed by atoms with Crippen LogP contribution in [-0.4, -0.2) is 28.6 Å². The van der Waals surface area contributed by atoms with Crippen molar-refractivity contribution in [1.82, 2.24) is 9.97 Å². The molecule has 0 amide bonds. The number of aromatic nitrogens is 2. The van der Waals surface area contributed by atoms with Gasteiger partial charge in [-0.25, -0.2) is 14.8 Å². The van der Waals surface area contributed by atoms with Crippen LogP contribution in [0.25, 0.3) is 21.8 Å². The number of ether oxygens (including phenoxy) is 2. The molecule has 0 fully saturated rings. The fraction of sp³-hybridized carbons (Fsp3) is 0.516. The van der Waals surface area contributed by atoms with Crippen molar-refractivity contribution >= 4 is 17.3 Å². The van der Waals surface area contributed by atoms with Gasteiger partial charge in [-0.15, -0.1) is 11.3 Å². The molecular formula is C31H42N2O3S. The van der Waals surface area contributed by atoms with E-state index in [0.717, 1.165) is 47.6 Å². The summed E-state index contributed by atoms with van der Waals surface area (Å²) in [4.78, 5) is 23.2. The summed E-state index contributed by atoms with van der Waals surface area (Å²) in [7, 11) is 0. The van der Waals surface area contributed by atoms with E-state index in [1.807, 2.05) is 55.7 Å². The smallest absolute Gasteiger partial charge is 0.348 e. The molecule has 6 heteroatoms. The van der Waals surface area contributed by atoms with E-state index in [4.69, 9.17) is 9.47 Å². The average Bonchev–Trinajstić information content (AvgIpc) is 3.42. The maximum absolute atomic E-state index is 12.5. The summed E-state index contributed by atoms with van der Waals surface area (Å²) in [6, 6.07) is 11.7. The number of nitrogens with zero attached hydrogens (tertiary/aromatic N) is 2. The number of hydrogen-bond donors (Lipinski definition) is 0. The van der Waals surface area contributed by atoms with Crippen molar-refractivity contribution in [3.05, 3.63) is 53.7 Å². The summed E-state index contributed by atoms with van der Waals surface area (Å²) in [6.07, 6.45) is 16.7. The normalized spacial score (nSPS) is 11.9. The summed E-state index contributed by atoms with van der Waals surface area (Å²) in [6.45, 7) is 7.16. The van der Waals surface area contributed by atoms with Crippen molar-refractivity contribution in [2.75, 3.05) is 6.61 Å². The number of benzene rings is 1. The van der Waals surface area contributed by atoms with E-state index in [0.29, 0.717) is 10.7 Å². The third kappa shape index (κ3) is 9.92. The zero-order chi connectivity index (χ0) is 26.3. The highest BCUT2D eigenvalue weighted by molar-refractivity contribution is 7.17. The van der Waals surface area contributed by atoms with Crippen LogP contribution in [0.4, 0.5) is 0 Å². The predicted octanol–water partition coefficient (Wildman–Crippen LogP) is 9.13. The van der Waals surface area contributed by atoms with E-state index in [-0.39, 0.29) is 12.1 Å². The summed E-state index contributed by atoms with van der Waals surface area (Å²) >= 11 is 1.42. The lowest BCUT2D eigenvalue weighted by atomic mass is 10.1. The predicted molar refractivity (Wildman–Crippen MR) is 153 cm³/mol. The first-order chi connectivity index (χ1) is 18.1. The number of thiophene rings is 1. The third-order valence-corrected chi connectivity index (χ3v) is 7.51. The molecule has 5 nitrogen and oxygen atoms in total. The van der Waals surface area contributed by atoms with Crippen LogP contribution < -0.4 is 4.74 Å². The van der Waals surface area contributed by atoms with Crippen molar-refractivity contribution in [1.29, 1.82) is 0 Å². The summed E-state index contributed by atoms with van der Waals surface area (Å²) < 4.78 is 11.5. The summed E-state index contributed by atoms with van der Waals surface area (Å²) in [5.74, 6) is 1.29. The molecule has 0 saturated carbocycles. The highest BCUT2D eigenvalue weighted by Crippen LogP contribution is 2.29. The molecule has 0 spiro atoms. The maximum atomic E-state index is 12.5. The topological polar surface area (TPSA) is 61.3 Å². The Morgan fingerprint density at radius 2 is 1.46 bits per heavy atom. The Bertz CT molecular complexity index is 1050. The minimum atomic E-state index is -0.254. The van der Waals surface area contributed by atoms with Gasteiger partial charge >= 0.3 is 5.97 Å². The Morgan fingerprint density at radius 3 is 2.16 bits per heavy atom. The number of hydrogen-bond acceptors (Lipinski definition) is 6. The fourth-order valence-electron chi connectivity index (χ4n) is 4.14. The molecule has 1 aromatic carbocycles. The van der Waals surface area contributed by atoms with Crippen molar-refractivity contribution in [3.8, 4) is 27.6 Å². The van der Waals surface area contributed by atoms with Crippen LogP contribution in [0.3, 0.4) is 0 Å². The molecule has 0 bridgehead atoms. The Hall–Kier alpha value is -2.73. The molecule has 37 heavy (non-hydrogen) atoms. The molecule has 0 N–H and O–H groups in total. The van der Waals surface area contributed by atoms with Gasteiger partial charge in [0.25, 0.3) is 0 Å². The fourth-order valence-corrected chi connectivity index (χ4v) is 5.00. The van der Waals surface area contributed by atoms with E-state index >= 15 is 0 Å². The average molecular weight is 523 g/mol. The zero-order valence-electron chi connectivity index (χ0n) is 22.7. The Morgan fingerprint density at radius 1 is 0.811 bits per heavy atom. The summed E-state index contributed by atoms with van der Waals surface area (Å²) in [5.41, 5.74) is 1.83. The lowest BCUT2D eigenvalue weighted by molar-refractivity contribution is 0.0325. The van der Waals surface area contributed by atoms with Crippen molar-refractivity contribution in [3.63, 3.8) is 0 Å². The second kappa shape index (κ2) is 16.2. The van der Waals surface area contributed by atoms with Crippen LogP contribution in [0.15, 0.2) is 48.8 Å². The van der Waals surface area contributed by atoms with E-state index in [2.05, 4.69) is 23.8 Å². The Balaban J connectivity index is 1.47. The second-order valence-electron chi connectivity index (χ2n) is 9.67. The molecule has 0 aliphatic rings. The minimum Gasteiger partial charge on any atom is -0.494 e. The first-order valence-corrected chi connectivity index (χ1v) is 14.8. The molecule has 0 aliphatic carbocycles. The van der Waals surface area contributed by atoms with Crippen molar-refractivity contribution in [2.24, 2.45) is 0 Å². The van der Waals surface area contributed by atoms with E-state index < -0.39 is 0 Å².